The molecule has 0 aliphatic rings. The molecule has 0 aromatic heterocycles. The number of hydrogen-bond donors (Lipinski definition) is 2. The lowest BCUT2D eigenvalue weighted by molar-refractivity contribution is -0.384. The van der Waals surface area contributed by atoms with Crippen LogP contribution in [-0.4, -0.2) is 15.9 Å². The first kappa shape index (κ1) is 16.1. The van der Waals surface area contributed by atoms with Gasteiger partial charge >= 0.3 is 0 Å². The van der Waals surface area contributed by atoms with Crippen LogP contribution in [-0.2, 0) is 0 Å². The zero-order chi connectivity index (χ0) is 16.1. The minimum Gasteiger partial charge on any atom is -0.331 e. The number of amides is 1. The number of halogens is 1. The fraction of sp³-hybridized carbons (Fsp3) is 0. The standard InChI is InChI=1S/C14H10BrN3O3S/c15-11-8-10(18(20)21)6-7-12(11)16-14(22)17-13(19)9-4-2-1-3-5-9/h1-8H,(H2,16,17,19,22). The maximum atomic E-state index is 11.9. The van der Waals surface area contributed by atoms with E-state index >= 15 is 0 Å². The van der Waals surface area contributed by atoms with Crippen molar-refractivity contribution in [3.05, 3.63) is 68.7 Å². The quantitative estimate of drug-likeness (QED) is 0.484. The maximum Gasteiger partial charge on any atom is 0.270 e. The minimum atomic E-state index is -0.496. The molecule has 6 nitrogen and oxygen atoms in total. The van der Waals surface area contributed by atoms with Crippen LogP contribution in [0.25, 0.3) is 0 Å². The second kappa shape index (κ2) is 7.10. The average molecular weight is 380 g/mol. The second-order valence-corrected chi connectivity index (χ2v) is 5.46. The van der Waals surface area contributed by atoms with Crippen LogP contribution in [0.1, 0.15) is 10.4 Å². The van der Waals surface area contributed by atoms with Crippen molar-refractivity contribution in [1.82, 2.24) is 5.32 Å². The number of nitro groups is 1. The molecule has 0 unspecified atom stereocenters. The number of non-ortho nitro benzene ring substituents is 1. The van der Waals surface area contributed by atoms with Gasteiger partial charge in [-0.05, 0) is 46.3 Å². The molecule has 0 bridgehead atoms. The number of anilines is 1. The molecule has 0 atom stereocenters. The average Bonchev–Trinajstić information content (AvgIpc) is 2.50. The van der Waals surface area contributed by atoms with Crippen molar-refractivity contribution in [3.8, 4) is 0 Å². The number of nitro benzene ring substituents is 1. The molecule has 0 aliphatic heterocycles. The Morgan fingerprint density at radius 2 is 1.86 bits per heavy atom. The molecule has 2 aromatic rings. The molecule has 22 heavy (non-hydrogen) atoms. The van der Waals surface area contributed by atoms with Gasteiger partial charge in [0.1, 0.15) is 0 Å². The summed E-state index contributed by atoms with van der Waals surface area (Å²) in [5.41, 5.74) is 0.954. The van der Waals surface area contributed by atoms with E-state index < -0.39 is 4.92 Å². The molecule has 2 N–H and O–H groups in total. The third kappa shape index (κ3) is 4.09. The number of rotatable bonds is 3. The highest BCUT2D eigenvalue weighted by atomic mass is 79.9. The van der Waals surface area contributed by atoms with E-state index in [0.717, 1.165) is 0 Å². The van der Waals surface area contributed by atoms with Crippen molar-refractivity contribution in [2.45, 2.75) is 0 Å². The van der Waals surface area contributed by atoms with Gasteiger partial charge in [-0.15, -0.1) is 0 Å². The SMILES string of the molecule is O=C(NC(=S)Nc1ccc([N+](=O)[O-])cc1Br)c1ccccc1. The summed E-state index contributed by atoms with van der Waals surface area (Å²) in [6, 6.07) is 12.8. The smallest absolute Gasteiger partial charge is 0.270 e. The van der Waals surface area contributed by atoms with Crippen LogP contribution < -0.4 is 10.6 Å². The lowest BCUT2D eigenvalue weighted by Crippen LogP contribution is -2.34. The summed E-state index contributed by atoms with van der Waals surface area (Å²) in [6.45, 7) is 0. The normalized spacial score (nSPS) is 9.86. The highest BCUT2D eigenvalue weighted by Gasteiger charge is 2.11. The Morgan fingerprint density at radius 1 is 1.18 bits per heavy atom. The van der Waals surface area contributed by atoms with E-state index in [9.17, 15) is 14.9 Å². The summed E-state index contributed by atoms with van der Waals surface area (Å²) in [7, 11) is 0. The fourth-order valence-corrected chi connectivity index (χ4v) is 2.31. The predicted octanol–water partition coefficient (Wildman–Crippen LogP) is 3.48. The molecule has 1 amide bonds. The molecular weight excluding hydrogens is 370 g/mol. The molecule has 0 radical (unpaired) electrons. The summed E-state index contributed by atoms with van der Waals surface area (Å²) in [6.07, 6.45) is 0. The molecule has 0 aliphatic carbocycles. The van der Waals surface area contributed by atoms with Gasteiger partial charge < -0.3 is 5.32 Å². The summed E-state index contributed by atoms with van der Waals surface area (Å²) < 4.78 is 0.470. The van der Waals surface area contributed by atoms with Gasteiger partial charge in [-0.2, -0.15) is 0 Å². The lowest BCUT2D eigenvalue weighted by atomic mass is 10.2. The van der Waals surface area contributed by atoms with Crippen molar-refractivity contribution < 1.29 is 9.72 Å². The van der Waals surface area contributed by atoms with Crippen LogP contribution in [0.3, 0.4) is 0 Å². The van der Waals surface area contributed by atoms with E-state index in [1.54, 1.807) is 30.3 Å². The number of benzene rings is 2. The van der Waals surface area contributed by atoms with Gasteiger partial charge in [0.05, 0.1) is 10.6 Å². The van der Waals surface area contributed by atoms with Crippen molar-refractivity contribution in [2.75, 3.05) is 5.32 Å². The van der Waals surface area contributed by atoms with Crippen molar-refractivity contribution in [3.63, 3.8) is 0 Å². The third-order valence-corrected chi connectivity index (χ3v) is 3.53. The van der Waals surface area contributed by atoms with Gasteiger partial charge in [0.25, 0.3) is 11.6 Å². The topological polar surface area (TPSA) is 84.3 Å². The van der Waals surface area contributed by atoms with Gasteiger partial charge in [0.2, 0.25) is 0 Å². The highest BCUT2D eigenvalue weighted by Crippen LogP contribution is 2.26. The summed E-state index contributed by atoms with van der Waals surface area (Å²) in [4.78, 5) is 22.1. The van der Waals surface area contributed by atoms with E-state index in [1.165, 1.54) is 18.2 Å². The van der Waals surface area contributed by atoms with Crippen LogP contribution in [0.4, 0.5) is 11.4 Å². The van der Waals surface area contributed by atoms with E-state index in [-0.39, 0.29) is 16.7 Å². The van der Waals surface area contributed by atoms with Crippen molar-refractivity contribution in [2.24, 2.45) is 0 Å². The second-order valence-electron chi connectivity index (χ2n) is 4.20. The zero-order valence-corrected chi connectivity index (χ0v) is 13.5. The fourth-order valence-electron chi connectivity index (χ4n) is 1.64. The van der Waals surface area contributed by atoms with Crippen LogP contribution in [0, 0.1) is 10.1 Å². The number of nitrogens with zero attached hydrogens (tertiary/aromatic N) is 1. The van der Waals surface area contributed by atoms with Crippen LogP contribution in [0.5, 0.6) is 0 Å². The van der Waals surface area contributed by atoms with Gasteiger partial charge in [0, 0.05) is 22.2 Å². The highest BCUT2D eigenvalue weighted by molar-refractivity contribution is 9.10. The Hall–Kier alpha value is -2.32. The van der Waals surface area contributed by atoms with Crippen molar-refractivity contribution >= 4 is 50.5 Å². The Bertz CT molecular complexity index is 737. The molecule has 112 valence electrons. The Kier molecular flexibility index (Phi) is 5.18. The van der Waals surface area contributed by atoms with Gasteiger partial charge in [-0.1, -0.05) is 18.2 Å². The molecular formula is C14H10BrN3O3S. The zero-order valence-electron chi connectivity index (χ0n) is 11.1. The first-order valence-corrected chi connectivity index (χ1v) is 7.29. The maximum absolute atomic E-state index is 11.9. The monoisotopic (exact) mass is 379 g/mol. The van der Waals surface area contributed by atoms with Gasteiger partial charge in [0.15, 0.2) is 5.11 Å². The summed E-state index contributed by atoms with van der Waals surface area (Å²) in [5, 5.41) is 16.1. The van der Waals surface area contributed by atoms with E-state index in [2.05, 4.69) is 26.6 Å². The largest absolute Gasteiger partial charge is 0.331 e. The van der Waals surface area contributed by atoms with E-state index in [0.29, 0.717) is 15.7 Å². The number of nitrogens with one attached hydrogen (secondary N) is 2. The number of carbonyl (C=O) groups is 1. The first-order chi connectivity index (χ1) is 10.5. The van der Waals surface area contributed by atoms with Gasteiger partial charge in [-0.3, -0.25) is 20.2 Å². The predicted molar refractivity (Wildman–Crippen MR) is 90.9 cm³/mol. The Labute approximate surface area is 139 Å². The molecule has 2 rings (SSSR count). The molecule has 0 saturated carbocycles. The van der Waals surface area contributed by atoms with Crippen molar-refractivity contribution in [1.29, 1.82) is 0 Å². The lowest BCUT2D eigenvalue weighted by Gasteiger charge is -2.10. The van der Waals surface area contributed by atoms with Gasteiger partial charge in [-0.25, -0.2) is 0 Å². The number of thiocarbonyl (C=S) groups is 1. The Morgan fingerprint density at radius 3 is 2.45 bits per heavy atom. The summed E-state index contributed by atoms with van der Waals surface area (Å²) in [5.74, 6) is -0.337. The van der Waals surface area contributed by atoms with Crippen LogP contribution in [0.15, 0.2) is 53.0 Å². The van der Waals surface area contributed by atoms with Crippen LogP contribution >= 0.6 is 28.1 Å². The number of hydrogen-bond acceptors (Lipinski definition) is 4. The Balaban J connectivity index is 2.03. The first-order valence-electron chi connectivity index (χ1n) is 6.08. The number of carbonyl (C=O) groups excluding carboxylic acids is 1. The minimum absolute atomic E-state index is 0.0448. The van der Waals surface area contributed by atoms with E-state index in [4.69, 9.17) is 12.2 Å². The van der Waals surface area contributed by atoms with Crippen LogP contribution in [0.2, 0.25) is 0 Å². The van der Waals surface area contributed by atoms with E-state index in [1.807, 2.05) is 0 Å². The molecule has 0 heterocycles. The third-order valence-electron chi connectivity index (χ3n) is 2.67. The molecule has 0 fully saturated rings. The molecule has 2 aromatic carbocycles. The summed E-state index contributed by atoms with van der Waals surface area (Å²) >= 11 is 8.27. The molecule has 0 spiro atoms. The molecule has 0 saturated heterocycles. The molecule has 8 heteroatoms.